The molecule has 1 N–H and O–H groups in total. The van der Waals surface area contributed by atoms with Crippen LogP contribution in [-0.2, 0) is 6.54 Å². The number of para-hydroxylation sites is 1. The van der Waals surface area contributed by atoms with E-state index < -0.39 is 0 Å². The number of rotatable bonds is 3. The van der Waals surface area contributed by atoms with Crippen LogP contribution >= 0.6 is 0 Å². The molecular weight excluding hydrogens is 238 g/mol. The minimum absolute atomic E-state index is 0.288. The van der Waals surface area contributed by atoms with Gasteiger partial charge in [-0.2, -0.15) is 0 Å². The average Bonchev–Trinajstić information content (AvgIpc) is 2.46. The molecule has 0 bridgehead atoms. The Bertz CT molecular complexity index is 438. The van der Waals surface area contributed by atoms with Crippen LogP contribution in [0.15, 0.2) is 18.2 Å². The van der Waals surface area contributed by atoms with E-state index in [0.29, 0.717) is 13.2 Å². The third-order valence-electron chi connectivity index (χ3n) is 4.31. The molecule has 19 heavy (non-hydrogen) atoms. The quantitative estimate of drug-likeness (QED) is 0.906. The minimum atomic E-state index is 0.288. The average molecular weight is 261 g/mol. The smallest absolute Gasteiger partial charge is 0.165 e. The van der Waals surface area contributed by atoms with Crippen molar-refractivity contribution >= 4 is 0 Å². The van der Waals surface area contributed by atoms with Crippen LogP contribution in [0.4, 0.5) is 0 Å². The standard InChI is InChI=1S/C16H23NO2/c1-16(8-3-2-4-9-16)17-12-13-6-5-7-14-15(13)19-11-10-18-14/h5-7,17H,2-4,8-12H2,1H3. The monoisotopic (exact) mass is 261 g/mol. The van der Waals surface area contributed by atoms with Crippen LogP contribution in [0.2, 0.25) is 0 Å². The topological polar surface area (TPSA) is 30.5 Å². The van der Waals surface area contributed by atoms with Crippen LogP contribution in [0, 0.1) is 0 Å². The number of nitrogens with one attached hydrogen (secondary N) is 1. The summed E-state index contributed by atoms with van der Waals surface area (Å²) in [5.74, 6) is 1.82. The van der Waals surface area contributed by atoms with Gasteiger partial charge in [0.05, 0.1) is 0 Å². The summed E-state index contributed by atoms with van der Waals surface area (Å²) in [6.07, 6.45) is 6.62. The van der Waals surface area contributed by atoms with Gasteiger partial charge in [0.1, 0.15) is 13.2 Å². The molecule has 0 aromatic heterocycles. The van der Waals surface area contributed by atoms with Crippen LogP contribution in [-0.4, -0.2) is 18.8 Å². The van der Waals surface area contributed by atoms with Gasteiger partial charge in [-0.3, -0.25) is 0 Å². The Hall–Kier alpha value is -1.22. The van der Waals surface area contributed by atoms with Gasteiger partial charge in [0.15, 0.2) is 11.5 Å². The van der Waals surface area contributed by atoms with Gasteiger partial charge in [0.25, 0.3) is 0 Å². The lowest BCUT2D eigenvalue weighted by Crippen LogP contribution is -2.43. The van der Waals surface area contributed by atoms with Crippen molar-refractivity contribution < 1.29 is 9.47 Å². The number of hydrogen-bond donors (Lipinski definition) is 1. The first-order valence-electron chi connectivity index (χ1n) is 7.39. The molecule has 0 unspecified atom stereocenters. The largest absolute Gasteiger partial charge is 0.486 e. The van der Waals surface area contributed by atoms with Crippen LogP contribution < -0.4 is 14.8 Å². The highest BCUT2D eigenvalue weighted by atomic mass is 16.6. The third-order valence-corrected chi connectivity index (χ3v) is 4.31. The second kappa shape index (κ2) is 5.41. The van der Waals surface area contributed by atoms with Crippen molar-refractivity contribution in [2.45, 2.75) is 51.1 Å². The fourth-order valence-electron chi connectivity index (χ4n) is 3.09. The van der Waals surface area contributed by atoms with Crippen molar-refractivity contribution in [3.05, 3.63) is 23.8 Å². The molecule has 0 amide bonds. The number of benzene rings is 1. The first-order chi connectivity index (χ1) is 9.27. The third kappa shape index (κ3) is 2.86. The molecule has 0 saturated heterocycles. The lowest BCUT2D eigenvalue weighted by atomic mass is 9.83. The van der Waals surface area contributed by atoms with Gasteiger partial charge in [-0.15, -0.1) is 0 Å². The second-order valence-electron chi connectivity index (χ2n) is 5.92. The molecule has 1 heterocycles. The van der Waals surface area contributed by atoms with Crippen molar-refractivity contribution in [2.24, 2.45) is 0 Å². The maximum absolute atomic E-state index is 5.76. The van der Waals surface area contributed by atoms with Crippen molar-refractivity contribution in [1.29, 1.82) is 0 Å². The van der Waals surface area contributed by atoms with Gasteiger partial charge >= 0.3 is 0 Å². The fourth-order valence-corrected chi connectivity index (χ4v) is 3.09. The first-order valence-corrected chi connectivity index (χ1v) is 7.39. The van der Waals surface area contributed by atoms with E-state index in [-0.39, 0.29) is 5.54 Å². The zero-order chi connectivity index (χ0) is 13.1. The maximum Gasteiger partial charge on any atom is 0.165 e. The summed E-state index contributed by atoms with van der Waals surface area (Å²) < 4.78 is 11.4. The Labute approximate surface area is 115 Å². The van der Waals surface area contributed by atoms with Gasteiger partial charge in [-0.05, 0) is 25.8 Å². The Morgan fingerprint density at radius 2 is 1.89 bits per heavy atom. The number of ether oxygens (including phenoxy) is 2. The van der Waals surface area contributed by atoms with Gasteiger partial charge in [-0.25, -0.2) is 0 Å². The van der Waals surface area contributed by atoms with Crippen LogP contribution in [0.5, 0.6) is 11.5 Å². The molecule has 1 aromatic rings. The summed E-state index contributed by atoms with van der Waals surface area (Å²) >= 11 is 0. The summed E-state index contributed by atoms with van der Waals surface area (Å²) in [6.45, 7) is 4.52. The zero-order valence-corrected chi connectivity index (χ0v) is 11.7. The van der Waals surface area contributed by atoms with E-state index in [2.05, 4.69) is 18.3 Å². The van der Waals surface area contributed by atoms with E-state index >= 15 is 0 Å². The molecule has 1 saturated carbocycles. The Kier molecular flexibility index (Phi) is 3.65. The van der Waals surface area contributed by atoms with E-state index in [0.717, 1.165) is 18.0 Å². The molecule has 0 spiro atoms. The van der Waals surface area contributed by atoms with E-state index in [9.17, 15) is 0 Å². The van der Waals surface area contributed by atoms with Crippen molar-refractivity contribution in [3.63, 3.8) is 0 Å². The lowest BCUT2D eigenvalue weighted by molar-refractivity contribution is 0.168. The summed E-state index contributed by atoms with van der Waals surface area (Å²) in [7, 11) is 0. The Balaban J connectivity index is 1.69. The normalized spacial score (nSPS) is 21.1. The van der Waals surface area contributed by atoms with Crippen LogP contribution in [0.25, 0.3) is 0 Å². The predicted octanol–water partition coefficient (Wildman–Crippen LogP) is 3.27. The van der Waals surface area contributed by atoms with Gasteiger partial charge in [0, 0.05) is 17.6 Å². The highest BCUT2D eigenvalue weighted by Crippen LogP contribution is 2.34. The second-order valence-corrected chi connectivity index (χ2v) is 5.92. The summed E-state index contributed by atoms with van der Waals surface area (Å²) in [5.41, 5.74) is 1.50. The molecule has 1 aliphatic heterocycles. The van der Waals surface area contributed by atoms with E-state index in [1.165, 1.54) is 37.7 Å². The molecule has 0 atom stereocenters. The molecule has 0 radical (unpaired) electrons. The zero-order valence-electron chi connectivity index (χ0n) is 11.7. The summed E-state index contributed by atoms with van der Waals surface area (Å²) in [5, 5.41) is 3.73. The molecule has 3 heteroatoms. The maximum atomic E-state index is 5.76. The van der Waals surface area contributed by atoms with Crippen LogP contribution in [0.1, 0.15) is 44.6 Å². The van der Waals surface area contributed by atoms with Gasteiger partial charge in [-0.1, -0.05) is 31.4 Å². The van der Waals surface area contributed by atoms with E-state index in [1.807, 2.05) is 12.1 Å². The SMILES string of the molecule is CC1(NCc2cccc3c2OCCO3)CCCCC1. The van der Waals surface area contributed by atoms with Gasteiger partial charge < -0.3 is 14.8 Å². The molecule has 2 aliphatic rings. The molecule has 1 aliphatic carbocycles. The highest BCUT2D eigenvalue weighted by molar-refractivity contribution is 5.47. The molecule has 1 fully saturated rings. The molecule has 3 rings (SSSR count). The lowest BCUT2D eigenvalue weighted by Gasteiger charge is -2.35. The highest BCUT2D eigenvalue weighted by Gasteiger charge is 2.26. The summed E-state index contributed by atoms with van der Waals surface area (Å²) in [4.78, 5) is 0. The number of fused-ring (bicyclic) bond motifs is 1. The van der Waals surface area contributed by atoms with E-state index in [1.54, 1.807) is 0 Å². The van der Waals surface area contributed by atoms with Crippen molar-refractivity contribution in [1.82, 2.24) is 5.32 Å². The predicted molar refractivity (Wildman–Crippen MR) is 75.8 cm³/mol. The Morgan fingerprint density at radius 1 is 1.11 bits per heavy atom. The van der Waals surface area contributed by atoms with Crippen molar-refractivity contribution in [2.75, 3.05) is 13.2 Å². The summed E-state index contributed by atoms with van der Waals surface area (Å²) in [6, 6.07) is 6.17. The fraction of sp³-hybridized carbons (Fsp3) is 0.625. The minimum Gasteiger partial charge on any atom is -0.486 e. The number of hydrogen-bond acceptors (Lipinski definition) is 3. The first kappa shape index (κ1) is 12.8. The molecule has 104 valence electrons. The van der Waals surface area contributed by atoms with Crippen molar-refractivity contribution in [3.8, 4) is 11.5 Å². The van der Waals surface area contributed by atoms with Gasteiger partial charge in [0.2, 0.25) is 0 Å². The molecular formula is C16H23NO2. The van der Waals surface area contributed by atoms with E-state index in [4.69, 9.17) is 9.47 Å². The Morgan fingerprint density at radius 3 is 2.74 bits per heavy atom. The molecule has 3 nitrogen and oxygen atoms in total. The molecule has 1 aromatic carbocycles. The van der Waals surface area contributed by atoms with Crippen LogP contribution in [0.3, 0.4) is 0 Å².